The number of benzene rings is 2. The highest BCUT2D eigenvalue weighted by atomic mass is 127. The van der Waals surface area contributed by atoms with Crippen LogP contribution in [0, 0.1) is 3.57 Å². The largest absolute Gasteiger partial charge is 0.493 e. The number of rotatable bonds is 6. The molecule has 4 nitrogen and oxygen atoms in total. The van der Waals surface area contributed by atoms with Gasteiger partial charge >= 0.3 is 0 Å². The first kappa shape index (κ1) is 20.2. The minimum Gasteiger partial charge on any atom is -0.493 e. The molecule has 2 aromatic carbocycles. The molecule has 1 aliphatic rings. The first-order chi connectivity index (χ1) is 13.0. The number of hydrogen-bond donors (Lipinski definition) is 0. The van der Waals surface area contributed by atoms with E-state index in [2.05, 4.69) is 29.5 Å². The zero-order chi connectivity index (χ0) is 19.4. The lowest BCUT2D eigenvalue weighted by Crippen LogP contribution is -2.27. The van der Waals surface area contributed by atoms with Gasteiger partial charge in [0.2, 0.25) is 0 Å². The van der Waals surface area contributed by atoms with E-state index in [0.29, 0.717) is 21.6 Å². The lowest BCUT2D eigenvalue weighted by molar-refractivity contribution is -0.113. The lowest BCUT2D eigenvalue weighted by atomic mass is 10.1. The molecule has 3 rings (SSSR count). The van der Waals surface area contributed by atoms with Gasteiger partial charge in [-0.05, 0) is 64.9 Å². The monoisotopic (exact) mass is 511 g/mol. The number of hydrogen-bond acceptors (Lipinski definition) is 5. The zero-order valence-electron chi connectivity index (χ0n) is 14.9. The molecular formula is C20H18INO3S2. The van der Waals surface area contributed by atoms with Crippen LogP contribution in [0.3, 0.4) is 0 Å². The van der Waals surface area contributed by atoms with Gasteiger partial charge in [-0.25, -0.2) is 0 Å². The molecule has 0 unspecified atom stereocenters. The smallest absolute Gasteiger partial charge is 0.270 e. The number of thiocarbonyl (C=S) groups is 1. The summed E-state index contributed by atoms with van der Waals surface area (Å²) in [7, 11) is 1.61. The second-order valence-corrected chi connectivity index (χ2v) is 8.57. The third kappa shape index (κ3) is 4.47. The van der Waals surface area contributed by atoms with Gasteiger partial charge in [0.1, 0.15) is 0 Å². The normalized spacial score (nSPS) is 15.5. The van der Waals surface area contributed by atoms with E-state index < -0.39 is 0 Å². The minimum absolute atomic E-state index is 0.114. The third-order valence-corrected chi connectivity index (χ3v) is 5.91. The number of halogens is 1. The lowest BCUT2D eigenvalue weighted by Gasteiger charge is -2.14. The van der Waals surface area contributed by atoms with Crippen LogP contribution in [0.5, 0.6) is 11.5 Å². The van der Waals surface area contributed by atoms with E-state index in [4.69, 9.17) is 21.7 Å². The van der Waals surface area contributed by atoms with Gasteiger partial charge in [0.05, 0.1) is 27.9 Å². The summed E-state index contributed by atoms with van der Waals surface area (Å²) in [5, 5.41) is 0. The van der Waals surface area contributed by atoms with Crippen LogP contribution in [0.2, 0.25) is 0 Å². The Kier molecular flexibility index (Phi) is 6.78. The maximum Gasteiger partial charge on any atom is 0.270 e. The molecular weight excluding hydrogens is 493 g/mol. The van der Waals surface area contributed by atoms with Gasteiger partial charge in [0, 0.05) is 0 Å². The van der Waals surface area contributed by atoms with Crippen molar-refractivity contribution in [1.29, 1.82) is 0 Å². The topological polar surface area (TPSA) is 38.8 Å². The second-order valence-electron chi connectivity index (χ2n) is 5.74. The standard InChI is InChI=1S/C20H18INO3S2/c1-3-9-25-18-15(21)10-13(11-16(18)24-2)12-17-19(23)22(20(26)27-17)14-7-5-4-6-8-14/h4-8,10-12H,3,9H2,1-2H3/b17-12-. The number of thioether (sulfide) groups is 1. The molecule has 27 heavy (non-hydrogen) atoms. The molecule has 0 saturated carbocycles. The summed E-state index contributed by atoms with van der Waals surface area (Å²) in [6, 6.07) is 13.3. The molecule has 0 N–H and O–H groups in total. The van der Waals surface area contributed by atoms with E-state index in [1.54, 1.807) is 12.0 Å². The molecule has 1 saturated heterocycles. The molecule has 1 aliphatic heterocycles. The molecule has 7 heteroatoms. The number of anilines is 1. The quantitative estimate of drug-likeness (QED) is 0.291. The molecule has 0 atom stereocenters. The van der Waals surface area contributed by atoms with Gasteiger partial charge in [0.25, 0.3) is 5.91 Å². The number of carbonyl (C=O) groups is 1. The van der Waals surface area contributed by atoms with Crippen LogP contribution in [0.1, 0.15) is 18.9 Å². The second kappa shape index (κ2) is 9.07. The Morgan fingerprint density at radius 2 is 2.00 bits per heavy atom. The van der Waals surface area contributed by atoms with Gasteiger partial charge in [-0.1, -0.05) is 49.1 Å². The fourth-order valence-electron chi connectivity index (χ4n) is 2.59. The Morgan fingerprint density at radius 1 is 1.26 bits per heavy atom. The summed E-state index contributed by atoms with van der Waals surface area (Å²) >= 11 is 8.94. The summed E-state index contributed by atoms with van der Waals surface area (Å²) in [6.45, 7) is 2.68. The Morgan fingerprint density at radius 3 is 2.67 bits per heavy atom. The number of carbonyl (C=O) groups excluding carboxylic acids is 1. The Hall–Kier alpha value is -1.58. The van der Waals surface area contributed by atoms with Crippen molar-refractivity contribution >= 4 is 68.6 Å². The van der Waals surface area contributed by atoms with E-state index in [9.17, 15) is 4.79 Å². The van der Waals surface area contributed by atoms with E-state index in [0.717, 1.165) is 27.0 Å². The van der Waals surface area contributed by atoms with E-state index in [-0.39, 0.29) is 5.91 Å². The first-order valence-electron chi connectivity index (χ1n) is 8.38. The maximum absolute atomic E-state index is 12.9. The molecule has 0 aromatic heterocycles. The molecule has 0 spiro atoms. The van der Waals surface area contributed by atoms with E-state index in [1.165, 1.54) is 11.8 Å². The molecule has 0 radical (unpaired) electrons. The fourth-order valence-corrected chi connectivity index (χ4v) is 4.67. The van der Waals surface area contributed by atoms with E-state index >= 15 is 0 Å². The number of para-hydroxylation sites is 1. The van der Waals surface area contributed by atoms with Crippen LogP contribution in [-0.2, 0) is 4.79 Å². The van der Waals surface area contributed by atoms with Gasteiger partial charge in [-0.15, -0.1) is 0 Å². The first-order valence-corrected chi connectivity index (χ1v) is 10.7. The van der Waals surface area contributed by atoms with Crippen molar-refractivity contribution in [3.63, 3.8) is 0 Å². The molecule has 140 valence electrons. The molecule has 2 aromatic rings. The predicted molar refractivity (Wildman–Crippen MR) is 124 cm³/mol. The van der Waals surface area contributed by atoms with Crippen molar-refractivity contribution < 1.29 is 14.3 Å². The summed E-state index contributed by atoms with van der Waals surface area (Å²) in [5.41, 5.74) is 1.65. The summed E-state index contributed by atoms with van der Waals surface area (Å²) in [4.78, 5) is 15.0. The molecule has 1 heterocycles. The van der Waals surface area contributed by atoms with Crippen LogP contribution >= 0.6 is 46.6 Å². The predicted octanol–water partition coefficient (Wildman–Crippen LogP) is 5.49. The Balaban J connectivity index is 1.92. The van der Waals surface area contributed by atoms with Crippen LogP contribution in [0.15, 0.2) is 47.4 Å². The Labute approximate surface area is 182 Å². The third-order valence-electron chi connectivity index (χ3n) is 3.81. The number of methoxy groups -OCH3 is 1. The van der Waals surface area contributed by atoms with Crippen molar-refractivity contribution in [2.24, 2.45) is 0 Å². The summed E-state index contributed by atoms with van der Waals surface area (Å²) < 4.78 is 12.7. The maximum atomic E-state index is 12.9. The van der Waals surface area contributed by atoms with Gasteiger partial charge in [-0.3, -0.25) is 9.69 Å². The molecule has 0 bridgehead atoms. The van der Waals surface area contributed by atoms with Crippen LogP contribution in [0.4, 0.5) is 5.69 Å². The van der Waals surface area contributed by atoms with Crippen molar-refractivity contribution in [3.8, 4) is 11.5 Å². The number of amides is 1. The highest BCUT2D eigenvalue weighted by Gasteiger charge is 2.33. The molecule has 0 aliphatic carbocycles. The Bertz CT molecular complexity index is 900. The van der Waals surface area contributed by atoms with Crippen molar-refractivity contribution in [2.45, 2.75) is 13.3 Å². The zero-order valence-corrected chi connectivity index (χ0v) is 18.7. The summed E-state index contributed by atoms with van der Waals surface area (Å²) in [6.07, 6.45) is 2.76. The van der Waals surface area contributed by atoms with Crippen LogP contribution in [0.25, 0.3) is 6.08 Å². The fraction of sp³-hybridized carbons (Fsp3) is 0.200. The number of nitrogens with zero attached hydrogens (tertiary/aromatic N) is 1. The van der Waals surface area contributed by atoms with Gasteiger partial charge < -0.3 is 9.47 Å². The highest BCUT2D eigenvalue weighted by molar-refractivity contribution is 14.1. The average molecular weight is 511 g/mol. The van der Waals surface area contributed by atoms with Crippen molar-refractivity contribution in [1.82, 2.24) is 0 Å². The van der Waals surface area contributed by atoms with E-state index in [1.807, 2.05) is 48.5 Å². The molecule has 1 fully saturated rings. The van der Waals surface area contributed by atoms with Crippen LogP contribution < -0.4 is 14.4 Å². The molecule has 1 amide bonds. The average Bonchev–Trinajstić information content (AvgIpc) is 2.94. The highest BCUT2D eigenvalue weighted by Crippen LogP contribution is 2.38. The van der Waals surface area contributed by atoms with Crippen molar-refractivity contribution in [3.05, 3.63) is 56.5 Å². The minimum atomic E-state index is -0.114. The van der Waals surface area contributed by atoms with Crippen LogP contribution in [-0.4, -0.2) is 23.9 Å². The van der Waals surface area contributed by atoms with Gasteiger partial charge in [0.15, 0.2) is 15.8 Å². The number of ether oxygens (including phenoxy) is 2. The van der Waals surface area contributed by atoms with Gasteiger partial charge in [-0.2, -0.15) is 0 Å². The SMILES string of the molecule is CCCOc1c(I)cc(/C=C2\SC(=S)N(c3ccccc3)C2=O)cc1OC. The van der Waals surface area contributed by atoms with Crippen molar-refractivity contribution in [2.75, 3.05) is 18.6 Å². The summed E-state index contributed by atoms with van der Waals surface area (Å²) in [5.74, 6) is 1.27.